The summed E-state index contributed by atoms with van der Waals surface area (Å²) in [5.74, 6) is -1.55. The molecule has 4 heterocycles. The third-order valence-electron chi connectivity index (χ3n) is 8.03. The molecule has 4 aliphatic heterocycles. The van der Waals surface area contributed by atoms with E-state index in [1.54, 1.807) is 0 Å². The third kappa shape index (κ3) is 7.57. The van der Waals surface area contributed by atoms with Crippen LogP contribution in [0.3, 0.4) is 0 Å². The summed E-state index contributed by atoms with van der Waals surface area (Å²) in [4.78, 5) is 11.6. The standard InChI is InChI=1S/C24H40O21/c1-38-18-12(30)15(33)22(45-19(18)20(35)36)39-4-7-10(28)17(44-24-14(32)8(26)5(2-25)42-24)16(34)23(43-7)40-3-6-9(27)11(29)13(31)21(37)41-6/h5-19,21-34,37H,2-4H2,1H3,(H,35,36)/t5-,6+,7+,8-,9-,10-,11-,12+,13+,14+,15+,16+,17-,18-,19-,21+,22+,23+,24-/m0/s1. The molecule has 0 saturated carbocycles. The fraction of sp³-hybridized carbons (Fsp3) is 0.958. The lowest BCUT2D eigenvalue weighted by atomic mass is 9.97. The second kappa shape index (κ2) is 15.3. The summed E-state index contributed by atoms with van der Waals surface area (Å²) in [6, 6.07) is 0. The first-order valence-corrected chi connectivity index (χ1v) is 13.9. The molecular weight excluding hydrogens is 624 g/mol. The monoisotopic (exact) mass is 664 g/mol. The van der Waals surface area contributed by atoms with Gasteiger partial charge in [0, 0.05) is 7.11 Å². The molecule has 21 heteroatoms. The molecule has 0 radical (unpaired) electrons. The molecule has 0 aromatic carbocycles. The van der Waals surface area contributed by atoms with Gasteiger partial charge in [0.2, 0.25) is 0 Å². The van der Waals surface area contributed by atoms with Gasteiger partial charge in [-0.2, -0.15) is 0 Å². The molecule has 0 spiro atoms. The number of aliphatic carboxylic acids is 1. The number of carboxylic acid groups (broad SMARTS) is 1. The van der Waals surface area contributed by atoms with E-state index >= 15 is 0 Å². The van der Waals surface area contributed by atoms with Crippen molar-refractivity contribution in [3.05, 3.63) is 0 Å². The van der Waals surface area contributed by atoms with Crippen LogP contribution in [0.25, 0.3) is 0 Å². The summed E-state index contributed by atoms with van der Waals surface area (Å²) in [6.45, 7) is -2.15. The highest BCUT2D eigenvalue weighted by Gasteiger charge is 2.53. The van der Waals surface area contributed by atoms with Crippen molar-refractivity contribution in [2.75, 3.05) is 26.9 Å². The molecule has 0 unspecified atom stereocenters. The number of carboxylic acids is 1. The SMILES string of the molecule is CO[C@H]1[C@H](O)[C@@H](O)[C@H](OC[C@H]2O[C@@H](OC[C@H]3O[C@@H](O)[C@H](O)[C@@H](O)[C@H]3O)[C@H](O)[C@@H](O[C@@H]3O[C@@H](CO)[C@H](O)[C@H]3O)[C@H]2O)O[C@@H]1C(=O)O. The van der Waals surface area contributed by atoms with Crippen LogP contribution in [0.2, 0.25) is 0 Å². The minimum atomic E-state index is -1.92. The molecule has 0 bridgehead atoms. The van der Waals surface area contributed by atoms with Gasteiger partial charge >= 0.3 is 5.97 Å². The van der Waals surface area contributed by atoms with Gasteiger partial charge < -0.3 is 99.2 Å². The predicted molar refractivity (Wildman–Crippen MR) is 133 cm³/mol. The zero-order chi connectivity index (χ0) is 33.3. The minimum absolute atomic E-state index is 0.691. The van der Waals surface area contributed by atoms with Crippen molar-refractivity contribution in [2.24, 2.45) is 0 Å². The van der Waals surface area contributed by atoms with Gasteiger partial charge in [0.25, 0.3) is 0 Å². The Bertz CT molecular complexity index is 960. The highest BCUT2D eigenvalue weighted by atomic mass is 16.8. The third-order valence-corrected chi connectivity index (χ3v) is 8.03. The van der Waals surface area contributed by atoms with E-state index < -0.39 is 143 Å². The van der Waals surface area contributed by atoms with Crippen molar-refractivity contribution in [1.29, 1.82) is 0 Å². The average molecular weight is 665 g/mol. The molecule has 262 valence electrons. The van der Waals surface area contributed by atoms with Crippen LogP contribution >= 0.6 is 0 Å². The minimum Gasteiger partial charge on any atom is -0.479 e. The first-order valence-electron chi connectivity index (χ1n) is 13.9. The Balaban J connectivity index is 1.49. The molecule has 21 nitrogen and oxygen atoms in total. The molecule has 4 saturated heterocycles. The summed E-state index contributed by atoms with van der Waals surface area (Å²) in [5, 5.41) is 122. The maximum absolute atomic E-state index is 11.6. The number of hydrogen-bond donors (Lipinski definition) is 12. The summed E-state index contributed by atoms with van der Waals surface area (Å²) in [6.07, 6.45) is -32.7. The molecular formula is C24H40O21. The molecule has 0 aromatic heterocycles. The second-order valence-electron chi connectivity index (χ2n) is 11.0. The zero-order valence-corrected chi connectivity index (χ0v) is 23.6. The maximum atomic E-state index is 11.6. The molecule has 45 heavy (non-hydrogen) atoms. The normalized spacial score (nSPS) is 50.9. The molecule has 19 atom stereocenters. The number of carbonyl (C=O) groups is 1. The maximum Gasteiger partial charge on any atom is 0.335 e. The van der Waals surface area contributed by atoms with Gasteiger partial charge in [-0.1, -0.05) is 0 Å². The van der Waals surface area contributed by atoms with Crippen LogP contribution in [-0.4, -0.2) is 211 Å². The van der Waals surface area contributed by atoms with E-state index in [0.717, 1.165) is 7.11 Å². The van der Waals surface area contributed by atoms with E-state index in [-0.39, 0.29) is 0 Å². The van der Waals surface area contributed by atoms with E-state index in [1.165, 1.54) is 0 Å². The number of methoxy groups -OCH3 is 1. The Morgan fingerprint density at radius 2 is 1.11 bits per heavy atom. The molecule has 4 fully saturated rings. The van der Waals surface area contributed by atoms with Crippen molar-refractivity contribution < 1.29 is 104 Å². The molecule has 12 N–H and O–H groups in total. The molecule has 0 aliphatic carbocycles. The molecule has 4 aliphatic rings. The quantitative estimate of drug-likeness (QED) is 0.0975. The Labute approximate surface area is 254 Å². The first kappa shape index (κ1) is 36.5. The average Bonchev–Trinajstić information content (AvgIpc) is 3.28. The van der Waals surface area contributed by atoms with Crippen LogP contribution in [0.1, 0.15) is 0 Å². The Kier molecular flexibility index (Phi) is 12.4. The highest BCUT2D eigenvalue weighted by Crippen LogP contribution is 2.32. The number of aliphatic hydroxyl groups is 11. The second-order valence-corrected chi connectivity index (χ2v) is 11.0. The summed E-state index contributed by atoms with van der Waals surface area (Å²) in [7, 11) is 1.09. The largest absolute Gasteiger partial charge is 0.479 e. The predicted octanol–water partition coefficient (Wildman–Crippen LogP) is -8.36. The number of ether oxygens (including phenoxy) is 8. The van der Waals surface area contributed by atoms with Crippen molar-refractivity contribution in [2.45, 2.75) is 117 Å². The summed E-state index contributed by atoms with van der Waals surface area (Å²) >= 11 is 0. The first-order chi connectivity index (χ1) is 21.2. The van der Waals surface area contributed by atoms with E-state index in [1.807, 2.05) is 0 Å². The van der Waals surface area contributed by atoms with Gasteiger partial charge in [-0.05, 0) is 0 Å². The Morgan fingerprint density at radius 3 is 1.67 bits per heavy atom. The van der Waals surface area contributed by atoms with Gasteiger partial charge in [0.15, 0.2) is 31.3 Å². The van der Waals surface area contributed by atoms with E-state index in [4.69, 9.17) is 37.9 Å². The molecule has 0 aromatic rings. The lowest BCUT2D eigenvalue weighted by molar-refractivity contribution is -0.352. The van der Waals surface area contributed by atoms with Crippen LogP contribution in [0.15, 0.2) is 0 Å². The summed E-state index contributed by atoms with van der Waals surface area (Å²) in [5.41, 5.74) is 0. The van der Waals surface area contributed by atoms with Gasteiger partial charge in [0.1, 0.15) is 85.5 Å². The number of hydrogen-bond acceptors (Lipinski definition) is 20. The number of aliphatic hydroxyl groups excluding tert-OH is 11. The fourth-order valence-electron chi connectivity index (χ4n) is 5.36. The van der Waals surface area contributed by atoms with Gasteiger partial charge in [-0.15, -0.1) is 0 Å². The van der Waals surface area contributed by atoms with Crippen LogP contribution in [0.4, 0.5) is 0 Å². The fourth-order valence-corrected chi connectivity index (χ4v) is 5.36. The molecule has 4 rings (SSSR count). The van der Waals surface area contributed by atoms with Crippen LogP contribution in [0.5, 0.6) is 0 Å². The van der Waals surface area contributed by atoms with Crippen LogP contribution < -0.4 is 0 Å². The van der Waals surface area contributed by atoms with E-state index in [2.05, 4.69) is 0 Å². The van der Waals surface area contributed by atoms with E-state index in [9.17, 15) is 66.1 Å². The molecule has 0 amide bonds. The highest BCUT2D eigenvalue weighted by molar-refractivity contribution is 5.73. The lowest BCUT2D eigenvalue weighted by Gasteiger charge is -2.45. The summed E-state index contributed by atoms with van der Waals surface area (Å²) < 4.78 is 42.5. The van der Waals surface area contributed by atoms with Crippen molar-refractivity contribution in [3.63, 3.8) is 0 Å². The van der Waals surface area contributed by atoms with Gasteiger partial charge in [0.05, 0.1) is 19.8 Å². The topological polar surface area (TPSA) is 334 Å². The Hall–Kier alpha value is -1.29. The van der Waals surface area contributed by atoms with E-state index in [0.29, 0.717) is 0 Å². The number of rotatable bonds is 11. The van der Waals surface area contributed by atoms with Gasteiger partial charge in [-0.25, -0.2) is 4.79 Å². The van der Waals surface area contributed by atoms with Crippen LogP contribution in [-0.2, 0) is 42.7 Å². The Morgan fingerprint density at radius 1 is 0.578 bits per heavy atom. The van der Waals surface area contributed by atoms with Crippen molar-refractivity contribution in [1.82, 2.24) is 0 Å². The lowest BCUT2D eigenvalue weighted by Crippen LogP contribution is -2.64. The van der Waals surface area contributed by atoms with Crippen LogP contribution in [0, 0.1) is 0 Å². The van der Waals surface area contributed by atoms with Crippen molar-refractivity contribution in [3.8, 4) is 0 Å². The van der Waals surface area contributed by atoms with Crippen molar-refractivity contribution >= 4 is 5.97 Å². The van der Waals surface area contributed by atoms with Gasteiger partial charge in [-0.3, -0.25) is 0 Å². The smallest absolute Gasteiger partial charge is 0.335 e. The zero-order valence-electron chi connectivity index (χ0n) is 23.6.